The number of pyridine rings is 1. The van der Waals surface area contributed by atoms with Crippen molar-refractivity contribution in [2.75, 3.05) is 6.54 Å². The number of alkyl halides is 3. The second kappa shape index (κ2) is 5.64. The molecule has 7 heteroatoms. The van der Waals surface area contributed by atoms with E-state index in [-0.39, 0.29) is 6.54 Å². The van der Waals surface area contributed by atoms with E-state index >= 15 is 0 Å². The van der Waals surface area contributed by atoms with Gasteiger partial charge in [-0.2, -0.15) is 13.2 Å². The summed E-state index contributed by atoms with van der Waals surface area (Å²) in [7, 11) is 0. The minimum absolute atomic E-state index is 0.282. The number of rotatable bonds is 2. The molecule has 0 radical (unpaired) electrons. The fraction of sp³-hybridized carbons (Fsp3) is 0.250. The zero-order valence-corrected chi connectivity index (χ0v) is 11.8. The van der Waals surface area contributed by atoms with Gasteiger partial charge in [0.05, 0.1) is 11.6 Å². The minimum Gasteiger partial charge on any atom is -0.331 e. The summed E-state index contributed by atoms with van der Waals surface area (Å²) in [5, 5.41) is 0. The Morgan fingerprint density at radius 2 is 1.91 bits per heavy atom. The van der Waals surface area contributed by atoms with Crippen LogP contribution in [-0.2, 0) is 6.18 Å². The largest absolute Gasteiger partial charge is 0.434 e. The highest BCUT2D eigenvalue weighted by molar-refractivity contribution is 5.96. The molecule has 0 aliphatic carbocycles. The molecule has 3 rings (SSSR count). The van der Waals surface area contributed by atoms with E-state index < -0.39 is 35.2 Å². The SMILES string of the molecule is O=C(c1cccnc1C(F)(F)F)N1CC[C@@H]1c1ccccc1F. The van der Waals surface area contributed by atoms with Crippen LogP contribution in [0.4, 0.5) is 17.6 Å². The number of carbonyl (C=O) groups excluding carboxylic acids is 1. The Balaban J connectivity index is 1.92. The van der Waals surface area contributed by atoms with Gasteiger partial charge in [-0.3, -0.25) is 9.78 Å². The lowest BCUT2D eigenvalue weighted by atomic mass is 9.93. The lowest BCUT2D eigenvalue weighted by molar-refractivity contribution is -0.141. The van der Waals surface area contributed by atoms with Gasteiger partial charge in [0.25, 0.3) is 5.91 Å². The molecule has 0 unspecified atom stereocenters. The fourth-order valence-electron chi connectivity index (χ4n) is 2.66. The Bertz CT molecular complexity index is 745. The molecule has 0 bridgehead atoms. The molecule has 2 heterocycles. The second-order valence-electron chi connectivity index (χ2n) is 5.22. The van der Waals surface area contributed by atoms with Gasteiger partial charge in [0.1, 0.15) is 5.82 Å². The van der Waals surface area contributed by atoms with Gasteiger partial charge in [-0.25, -0.2) is 4.39 Å². The van der Waals surface area contributed by atoms with Gasteiger partial charge in [-0.05, 0) is 24.6 Å². The van der Waals surface area contributed by atoms with Crippen LogP contribution in [0, 0.1) is 5.82 Å². The number of aromatic nitrogens is 1. The number of benzene rings is 1. The molecule has 0 spiro atoms. The average molecular weight is 324 g/mol. The molecule has 120 valence electrons. The van der Waals surface area contributed by atoms with Crippen LogP contribution >= 0.6 is 0 Å². The Morgan fingerprint density at radius 1 is 1.17 bits per heavy atom. The van der Waals surface area contributed by atoms with Crippen LogP contribution in [0.1, 0.15) is 34.1 Å². The van der Waals surface area contributed by atoms with Crippen molar-refractivity contribution in [1.82, 2.24) is 9.88 Å². The third-order valence-corrected chi connectivity index (χ3v) is 3.85. The molecule has 23 heavy (non-hydrogen) atoms. The van der Waals surface area contributed by atoms with Crippen molar-refractivity contribution in [3.05, 3.63) is 65.2 Å². The highest BCUT2D eigenvalue weighted by Gasteiger charge is 2.41. The predicted octanol–water partition coefficient (Wildman–Crippen LogP) is 3.83. The molecule has 0 N–H and O–H groups in total. The number of halogens is 4. The van der Waals surface area contributed by atoms with Crippen LogP contribution in [0.5, 0.6) is 0 Å². The smallest absolute Gasteiger partial charge is 0.331 e. The van der Waals surface area contributed by atoms with Crippen LogP contribution in [0.3, 0.4) is 0 Å². The molecule has 2 aromatic rings. The van der Waals surface area contributed by atoms with Crippen LogP contribution in [0.2, 0.25) is 0 Å². The van der Waals surface area contributed by atoms with Crippen molar-refractivity contribution < 1.29 is 22.4 Å². The van der Waals surface area contributed by atoms with Gasteiger partial charge in [0.15, 0.2) is 5.69 Å². The van der Waals surface area contributed by atoms with Gasteiger partial charge in [-0.15, -0.1) is 0 Å². The lowest BCUT2D eigenvalue weighted by Gasteiger charge is -2.41. The Morgan fingerprint density at radius 3 is 2.52 bits per heavy atom. The molecule has 0 saturated carbocycles. The topological polar surface area (TPSA) is 33.2 Å². The summed E-state index contributed by atoms with van der Waals surface area (Å²) in [6.07, 6.45) is -3.22. The van der Waals surface area contributed by atoms with Crippen LogP contribution in [0.15, 0.2) is 42.6 Å². The molecule has 1 fully saturated rings. The van der Waals surface area contributed by atoms with E-state index in [0.29, 0.717) is 12.0 Å². The fourth-order valence-corrected chi connectivity index (χ4v) is 2.66. The molecule has 1 aromatic carbocycles. The number of hydrogen-bond donors (Lipinski definition) is 0. The summed E-state index contributed by atoms with van der Waals surface area (Å²) in [6, 6.07) is 7.77. The maximum atomic E-state index is 13.8. The zero-order chi connectivity index (χ0) is 16.6. The second-order valence-corrected chi connectivity index (χ2v) is 5.22. The van der Waals surface area contributed by atoms with E-state index in [9.17, 15) is 22.4 Å². The van der Waals surface area contributed by atoms with Gasteiger partial charge in [-0.1, -0.05) is 18.2 Å². The van der Waals surface area contributed by atoms with Gasteiger partial charge in [0, 0.05) is 18.3 Å². The van der Waals surface area contributed by atoms with E-state index in [1.54, 1.807) is 6.07 Å². The number of nitrogens with zero attached hydrogens (tertiary/aromatic N) is 2. The van der Waals surface area contributed by atoms with E-state index in [0.717, 1.165) is 12.3 Å². The summed E-state index contributed by atoms with van der Waals surface area (Å²) in [5.74, 6) is -1.26. The molecular weight excluding hydrogens is 312 g/mol. The molecule has 3 nitrogen and oxygen atoms in total. The molecule has 1 saturated heterocycles. The summed E-state index contributed by atoms with van der Waals surface area (Å²) in [4.78, 5) is 17.0. The number of carbonyl (C=O) groups is 1. The number of amides is 1. The van der Waals surface area contributed by atoms with Gasteiger partial charge >= 0.3 is 6.18 Å². The summed E-state index contributed by atoms with van der Waals surface area (Å²) >= 11 is 0. The molecule has 1 aromatic heterocycles. The summed E-state index contributed by atoms with van der Waals surface area (Å²) < 4.78 is 52.8. The summed E-state index contributed by atoms with van der Waals surface area (Å²) in [6.45, 7) is 0.282. The van der Waals surface area contributed by atoms with Gasteiger partial charge < -0.3 is 4.90 Å². The van der Waals surface area contributed by atoms with Crippen LogP contribution in [0.25, 0.3) is 0 Å². The van der Waals surface area contributed by atoms with Crippen LogP contribution < -0.4 is 0 Å². The standard InChI is InChI=1S/C16H12F4N2O/c17-12-6-2-1-4-10(12)13-7-9-22(13)15(23)11-5-3-8-21-14(11)16(18,19)20/h1-6,8,13H,7,9H2/t13-/m1/s1. The number of hydrogen-bond acceptors (Lipinski definition) is 2. The zero-order valence-electron chi connectivity index (χ0n) is 11.8. The molecule has 1 atom stereocenters. The molecule has 1 aliphatic heterocycles. The first-order valence-corrected chi connectivity index (χ1v) is 6.97. The third kappa shape index (κ3) is 2.78. The third-order valence-electron chi connectivity index (χ3n) is 3.85. The van der Waals surface area contributed by atoms with Crippen molar-refractivity contribution in [2.45, 2.75) is 18.6 Å². The van der Waals surface area contributed by atoms with E-state index in [2.05, 4.69) is 4.98 Å². The maximum Gasteiger partial charge on any atom is 0.434 e. The quantitative estimate of drug-likeness (QED) is 0.787. The predicted molar refractivity (Wildman–Crippen MR) is 74.0 cm³/mol. The van der Waals surface area contributed by atoms with Crippen molar-refractivity contribution >= 4 is 5.91 Å². The van der Waals surface area contributed by atoms with Crippen molar-refractivity contribution in [3.63, 3.8) is 0 Å². The molecule has 1 amide bonds. The van der Waals surface area contributed by atoms with E-state index in [4.69, 9.17) is 0 Å². The van der Waals surface area contributed by atoms with Crippen molar-refractivity contribution in [3.8, 4) is 0 Å². The monoisotopic (exact) mass is 324 g/mol. The highest BCUT2D eigenvalue weighted by atomic mass is 19.4. The van der Waals surface area contributed by atoms with E-state index in [1.807, 2.05) is 0 Å². The normalized spacial score (nSPS) is 17.7. The van der Waals surface area contributed by atoms with Gasteiger partial charge in [0.2, 0.25) is 0 Å². The lowest BCUT2D eigenvalue weighted by Crippen LogP contribution is -2.46. The maximum absolute atomic E-state index is 13.8. The van der Waals surface area contributed by atoms with E-state index in [1.165, 1.54) is 29.2 Å². The molecule has 1 aliphatic rings. The van der Waals surface area contributed by atoms with Crippen molar-refractivity contribution in [1.29, 1.82) is 0 Å². The van der Waals surface area contributed by atoms with Crippen LogP contribution in [-0.4, -0.2) is 22.3 Å². The highest BCUT2D eigenvalue weighted by Crippen LogP contribution is 2.37. The summed E-state index contributed by atoms with van der Waals surface area (Å²) in [5.41, 5.74) is -1.42. The first kappa shape index (κ1) is 15.5. The Kier molecular flexibility index (Phi) is 3.79. The Hall–Kier alpha value is -2.44. The Labute approximate surface area is 129 Å². The average Bonchev–Trinajstić information content (AvgIpc) is 2.47. The first-order chi connectivity index (χ1) is 10.9. The number of likely N-dealkylation sites (tertiary alicyclic amines) is 1. The molecular formula is C16H12F4N2O. The first-order valence-electron chi connectivity index (χ1n) is 6.97. The van der Waals surface area contributed by atoms with Crippen molar-refractivity contribution in [2.24, 2.45) is 0 Å². The minimum atomic E-state index is -4.72.